The molecule has 0 aromatic carbocycles. The maximum absolute atomic E-state index is 11.9. The van der Waals surface area contributed by atoms with Gasteiger partial charge in [0.25, 0.3) is 0 Å². The minimum atomic E-state index is -0.889. The van der Waals surface area contributed by atoms with Crippen molar-refractivity contribution < 1.29 is 19.5 Å². The molecule has 0 radical (unpaired) electrons. The van der Waals surface area contributed by atoms with Crippen LogP contribution in [0.5, 0.6) is 0 Å². The number of hydrogen-bond acceptors (Lipinski definition) is 3. The van der Waals surface area contributed by atoms with E-state index < -0.39 is 11.9 Å². The second-order valence-corrected chi connectivity index (χ2v) is 5.02. The molecule has 3 unspecified atom stereocenters. The minimum Gasteiger partial charge on any atom is -0.481 e. The van der Waals surface area contributed by atoms with Gasteiger partial charge in [-0.2, -0.15) is 0 Å². The quantitative estimate of drug-likeness (QED) is 0.620. The van der Waals surface area contributed by atoms with Crippen LogP contribution < -0.4 is 10.6 Å². The smallest absolute Gasteiger partial charge is 0.317 e. The van der Waals surface area contributed by atoms with Gasteiger partial charge in [0.15, 0.2) is 0 Å². The molecule has 0 bridgehead atoms. The lowest BCUT2D eigenvalue weighted by molar-refractivity contribution is -0.140. The first kappa shape index (κ1) is 16.0. The van der Waals surface area contributed by atoms with E-state index in [0.717, 1.165) is 0 Å². The third kappa shape index (κ3) is 4.25. The van der Waals surface area contributed by atoms with Gasteiger partial charge in [-0.25, -0.2) is 4.79 Å². The average molecular weight is 283 g/mol. The highest BCUT2D eigenvalue weighted by Gasteiger charge is 2.26. The zero-order valence-corrected chi connectivity index (χ0v) is 11.9. The summed E-state index contributed by atoms with van der Waals surface area (Å²) in [7, 11) is 3.15. The number of carboxylic acids is 1. The van der Waals surface area contributed by atoms with Crippen LogP contribution >= 0.6 is 0 Å². The zero-order chi connectivity index (χ0) is 15.3. The van der Waals surface area contributed by atoms with Gasteiger partial charge >= 0.3 is 12.0 Å². The molecule has 1 aliphatic rings. The Morgan fingerprint density at radius 1 is 1.40 bits per heavy atom. The fourth-order valence-electron chi connectivity index (χ4n) is 2.08. The van der Waals surface area contributed by atoms with E-state index in [1.54, 1.807) is 33.2 Å². The lowest BCUT2D eigenvalue weighted by Crippen LogP contribution is -2.45. The first-order valence-electron chi connectivity index (χ1n) is 6.49. The second kappa shape index (κ2) is 6.93. The SMILES string of the molecule is CNC(=O)C(C)CN(C)C(=O)NC1C=CC(C(=O)O)C1. The number of carboxylic acid groups (broad SMARTS) is 1. The van der Waals surface area contributed by atoms with Crippen LogP contribution in [0.3, 0.4) is 0 Å². The number of urea groups is 1. The topological polar surface area (TPSA) is 98.7 Å². The lowest BCUT2D eigenvalue weighted by atomic mass is 10.1. The Bertz CT molecular complexity index is 422. The maximum atomic E-state index is 11.9. The van der Waals surface area contributed by atoms with E-state index in [1.165, 1.54) is 4.90 Å². The molecular weight excluding hydrogens is 262 g/mol. The monoisotopic (exact) mass is 283 g/mol. The van der Waals surface area contributed by atoms with Gasteiger partial charge in [0.2, 0.25) is 5.91 Å². The van der Waals surface area contributed by atoms with E-state index in [0.29, 0.717) is 13.0 Å². The van der Waals surface area contributed by atoms with Gasteiger partial charge in [-0.15, -0.1) is 0 Å². The van der Waals surface area contributed by atoms with Crippen LogP contribution in [-0.4, -0.2) is 54.6 Å². The molecule has 0 saturated heterocycles. The number of amides is 3. The van der Waals surface area contributed by atoms with Crippen LogP contribution in [-0.2, 0) is 9.59 Å². The molecule has 3 atom stereocenters. The third-order valence-corrected chi connectivity index (χ3v) is 3.30. The van der Waals surface area contributed by atoms with Crippen LogP contribution in [0.4, 0.5) is 4.79 Å². The van der Waals surface area contributed by atoms with E-state index in [4.69, 9.17) is 5.11 Å². The molecule has 20 heavy (non-hydrogen) atoms. The summed E-state index contributed by atoms with van der Waals surface area (Å²) in [6.07, 6.45) is 3.63. The summed E-state index contributed by atoms with van der Waals surface area (Å²) < 4.78 is 0. The molecule has 1 aliphatic carbocycles. The fourth-order valence-corrected chi connectivity index (χ4v) is 2.08. The van der Waals surface area contributed by atoms with Crippen LogP contribution in [0.2, 0.25) is 0 Å². The van der Waals surface area contributed by atoms with E-state index >= 15 is 0 Å². The molecule has 112 valence electrons. The molecule has 3 amide bonds. The summed E-state index contributed by atoms with van der Waals surface area (Å²) in [4.78, 5) is 35.5. The number of carbonyl (C=O) groups excluding carboxylic acids is 2. The van der Waals surface area contributed by atoms with E-state index in [-0.39, 0.29) is 23.9 Å². The Morgan fingerprint density at radius 2 is 2.05 bits per heavy atom. The predicted octanol–water partition coefficient (Wildman–Crippen LogP) is 0.0392. The predicted molar refractivity (Wildman–Crippen MR) is 73.1 cm³/mol. The molecule has 0 aliphatic heterocycles. The van der Waals surface area contributed by atoms with E-state index in [1.807, 2.05) is 0 Å². The van der Waals surface area contributed by atoms with Crippen molar-refractivity contribution in [3.63, 3.8) is 0 Å². The van der Waals surface area contributed by atoms with Crippen molar-refractivity contribution >= 4 is 17.9 Å². The average Bonchev–Trinajstić information content (AvgIpc) is 2.86. The van der Waals surface area contributed by atoms with Crippen LogP contribution in [0.1, 0.15) is 13.3 Å². The Morgan fingerprint density at radius 3 is 2.55 bits per heavy atom. The summed E-state index contributed by atoms with van der Waals surface area (Å²) in [6, 6.07) is -0.595. The van der Waals surface area contributed by atoms with Crippen molar-refractivity contribution in [2.45, 2.75) is 19.4 Å². The highest BCUT2D eigenvalue weighted by molar-refractivity contribution is 5.80. The molecule has 0 spiro atoms. The van der Waals surface area contributed by atoms with Crippen molar-refractivity contribution in [3.05, 3.63) is 12.2 Å². The molecular formula is C13H21N3O4. The fraction of sp³-hybridized carbons (Fsp3) is 0.615. The van der Waals surface area contributed by atoms with Crippen molar-refractivity contribution in [1.29, 1.82) is 0 Å². The number of hydrogen-bond donors (Lipinski definition) is 3. The molecule has 1 rings (SSSR count). The maximum Gasteiger partial charge on any atom is 0.317 e. The Kier molecular flexibility index (Phi) is 5.54. The molecule has 0 aromatic rings. The van der Waals surface area contributed by atoms with E-state index in [2.05, 4.69) is 10.6 Å². The van der Waals surface area contributed by atoms with Crippen molar-refractivity contribution in [3.8, 4) is 0 Å². The first-order chi connectivity index (χ1) is 9.35. The van der Waals surface area contributed by atoms with Gasteiger partial charge in [-0.3, -0.25) is 9.59 Å². The van der Waals surface area contributed by atoms with Gasteiger partial charge in [0, 0.05) is 20.6 Å². The molecule has 7 nitrogen and oxygen atoms in total. The summed E-state index contributed by atoms with van der Waals surface area (Å²) in [5.74, 6) is -1.87. The summed E-state index contributed by atoms with van der Waals surface area (Å²) >= 11 is 0. The number of nitrogens with zero attached hydrogens (tertiary/aromatic N) is 1. The molecule has 0 aromatic heterocycles. The molecule has 7 heteroatoms. The highest BCUT2D eigenvalue weighted by atomic mass is 16.4. The van der Waals surface area contributed by atoms with E-state index in [9.17, 15) is 14.4 Å². The van der Waals surface area contributed by atoms with Crippen molar-refractivity contribution in [1.82, 2.24) is 15.5 Å². The largest absolute Gasteiger partial charge is 0.481 e. The van der Waals surface area contributed by atoms with Gasteiger partial charge < -0.3 is 20.6 Å². The molecule has 3 N–H and O–H groups in total. The van der Waals surface area contributed by atoms with Gasteiger partial charge in [0.1, 0.15) is 0 Å². The summed E-state index contributed by atoms with van der Waals surface area (Å²) in [5.41, 5.74) is 0. The van der Waals surface area contributed by atoms with Crippen LogP contribution in [0, 0.1) is 11.8 Å². The van der Waals surface area contributed by atoms with Crippen LogP contribution in [0.15, 0.2) is 12.2 Å². The number of aliphatic carboxylic acids is 1. The zero-order valence-electron chi connectivity index (χ0n) is 11.9. The third-order valence-electron chi connectivity index (χ3n) is 3.30. The number of nitrogens with one attached hydrogen (secondary N) is 2. The Labute approximate surface area is 118 Å². The Hall–Kier alpha value is -2.05. The Balaban J connectivity index is 2.42. The van der Waals surface area contributed by atoms with Gasteiger partial charge in [0.05, 0.1) is 17.9 Å². The normalized spacial score (nSPS) is 22.1. The molecule has 0 fully saturated rings. The summed E-state index contributed by atoms with van der Waals surface area (Å²) in [5, 5.41) is 14.1. The number of rotatable bonds is 5. The summed E-state index contributed by atoms with van der Waals surface area (Å²) in [6.45, 7) is 2.03. The van der Waals surface area contributed by atoms with Crippen molar-refractivity contribution in [2.75, 3.05) is 20.6 Å². The first-order valence-corrected chi connectivity index (χ1v) is 6.49. The molecule has 0 heterocycles. The van der Waals surface area contributed by atoms with Crippen molar-refractivity contribution in [2.24, 2.45) is 11.8 Å². The second-order valence-electron chi connectivity index (χ2n) is 5.02. The van der Waals surface area contributed by atoms with Gasteiger partial charge in [-0.05, 0) is 6.42 Å². The minimum absolute atomic E-state index is 0.128. The highest BCUT2D eigenvalue weighted by Crippen LogP contribution is 2.18. The lowest BCUT2D eigenvalue weighted by Gasteiger charge is -2.23. The molecule has 0 saturated carbocycles. The number of carbonyl (C=O) groups is 3. The van der Waals surface area contributed by atoms with Gasteiger partial charge in [-0.1, -0.05) is 19.1 Å². The van der Waals surface area contributed by atoms with Crippen LogP contribution in [0.25, 0.3) is 0 Å². The standard InChI is InChI=1S/C13H21N3O4/c1-8(11(17)14-2)7-16(3)13(20)15-10-5-4-9(6-10)12(18)19/h4-5,8-10H,6-7H2,1-3H3,(H,14,17)(H,15,20)(H,18,19).